The molecule has 8 heteroatoms. The van der Waals surface area contributed by atoms with Crippen molar-refractivity contribution >= 4 is 34.2 Å². The first-order valence-corrected chi connectivity index (χ1v) is 12.3. The Morgan fingerprint density at radius 2 is 1.91 bits per heavy atom. The van der Waals surface area contributed by atoms with Crippen LogP contribution in [0, 0.1) is 5.92 Å². The average molecular weight is 520 g/mol. The fourth-order valence-electron chi connectivity index (χ4n) is 3.78. The zero-order valence-electron chi connectivity index (χ0n) is 19.4. The second kappa shape index (κ2) is 14.6. The first-order chi connectivity index (χ1) is 16.0. The molecule has 0 saturated heterocycles. The van der Waals surface area contributed by atoms with Gasteiger partial charge in [-0.1, -0.05) is 91.5 Å². The fraction of sp³-hybridized carbons (Fsp3) is 0.480. The highest BCUT2D eigenvalue weighted by Gasteiger charge is 2.32. The molecule has 7 nitrogen and oxygen atoms in total. The van der Waals surface area contributed by atoms with Crippen LogP contribution in [-0.4, -0.2) is 36.0 Å². The van der Waals surface area contributed by atoms with Gasteiger partial charge in [-0.3, -0.25) is 19.2 Å². The Labute approximate surface area is 204 Å². The molecule has 1 aromatic carbocycles. The van der Waals surface area contributed by atoms with Crippen molar-refractivity contribution in [3.05, 3.63) is 58.1 Å². The molecule has 0 spiro atoms. The first-order valence-electron chi connectivity index (χ1n) is 11.5. The number of hydrogen-bond donors (Lipinski definition) is 2. The molecule has 0 radical (unpaired) electrons. The van der Waals surface area contributed by atoms with Crippen LogP contribution in [0.15, 0.2) is 52.5 Å². The van der Waals surface area contributed by atoms with Crippen LogP contribution in [0.2, 0.25) is 0 Å². The van der Waals surface area contributed by atoms with E-state index in [1.807, 2.05) is 43.3 Å². The number of carbonyl (C=O) groups excluding carboxylic acids is 3. The molecule has 1 aliphatic carbocycles. The van der Waals surface area contributed by atoms with Crippen molar-refractivity contribution in [3.8, 4) is 0 Å². The Bertz CT molecular complexity index is 841. The van der Waals surface area contributed by atoms with Gasteiger partial charge >= 0.3 is 0 Å². The SMILES string of the molecule is CCCCCC(C(=O)NCNC(=O)C1=CC=C(Br)C1)C(CC)N(C=O)OCc1ccccc1. The van der Waals surface area contributed by atoms with E-state index in [0.29, 0.717) is 31.2 Å². The van der Waals surface area contributed by atoms with E-state index in [0.717, 1.165) is 29.3 Å². The zero-order valence-corrected chi connectivity index (χ0v) is 21.0. The zero-order chi connectivity index (χ0) is 24.1. The molecule has 0 heterocycles. The van der Waals surface area contributed by atoms with E-state index < -0.39 is 12.0 Å². The molecule has 0 bridgehead atoms. The van der Waals surface area contributed by atoms with E-state index in [1.165, 1.54) is 5.06 Å². The van der Waals surface area contributed by atoms with Crippen molar-refractivity contribution in [1.29, 1.82) is 0 Å². The smallest absolute Gasteiger partial charge is 0.248 e. The lowest BCUT2D eigenvalue weighted by molar-refractivity contribution is -0.200. The number of hydroxylamine groups is 2. The van der Waals surface area contributed by atoms with E-state index in [2.05, 4.69) is 33.5 Å². The summed E-state index contributed by atoms with van der Waals surface area (Å²) >= 11 is 3.37. The van der Waals surface area contributed by atoms with E-state index in [4.69, 9.17) is 4.84 Å². The van der Waals surface area contributed by atoms with Gasteiger partial charge in [-0.15, -0.1) is 0 Å². The molecular weight excluding hydrogens is 486 g/mol. The number of halogens is 1. The van der Waals surface area contributed by atoms with Crippen LogP contribution in [0.25, 0.3) is 0 Å². The Hall–Kier alpha value is -2.45. The van der Waals surface area contributed by atoms with Crippen molar-refractivity contribution in [3.63, 3.8) is 0 Å². The van der Waals surface area contributed by atoms with Gasteiger partial charge in [0.2, 0.25) is 18.2 Å². The third-order valence-electron chi connectivity index (χ3n) is 5.62. The van der Waals surface area contributed by atoms with Gasteiger partial charge in [0.15, 0.2) is 0 Å². The fourth-order valence-corrected chi connectivity index (χ4v) is 4.22. The largest absolute Gasteiger partial charge is 0.338 e. The summed E-state index contributed by atoms with van der Waals surface area (Å²) in [6.07, 6.45) is 8.89. The monoisotopic (exact) mass is 519 g/mol. The van der Waals surface area contributed by atoms with Gasteiger partial charge in [-0.05, 0) is 22.9 Å². The number of benzene rings is 1. The van der Waals surface area contributed by atoms with Gasteiger partial charge in [0.05, 0.1) is 18.6 Å². The lowest BCUT2D eigenvalue weighted by Gasteiger charge is -2.32. The number of hydrogen-bond acceptors (Lipinski definition) is 4. The predicted octanol–water partition coefficient (Wildman–Crippen LogP) is 4.35. The first kappa shape index (κ1) is 26.8. The van der Waals surface area contributed by atoms with Crippen LogP contribution in [-0.2, 0) is 25.8 Å². The minimum absolute atomic E-state index is 0.0271. The molecule has 2 rings (SSSR count). The average Bonchev–Trinajstić information content (AvgIpc) is 3.27. The molecule has 0 fully saturated rings. The second-order valence-electron chi connectivity index (χ2n) is 8.01. The topological polar surface area (TPSA) is 87.7 Å². The van der Waals surface area contributed by atoms with Gasteiger partial charge in [-0.25, -0.2) is 5.06 Å². The quantitative estimate of drug-likeness (QED) is 0.156. The number of allylic oxidation sites excluding steroid dienone is 3. The maximum Gasteiger partial charge on any atom is 0.248 e. The Balaban J connectivity index is 1.98. The standard InChI is InChI=1S/C25H34BrN3O4/c1-3-5-7-12-22(25(32)28-17-27-24(31)20-13-14-21(26)15-20)23(4-2)29(18-30)33-16-19-10-8-6-9-11-19/h6,8-11,13-14,18,22-23H,3-5,7,12,15-17H2,1-2H3,(H,27,31)(H,28,32). The molecule has 2 N–H and O–H groups in total. The summed E-state index contributed by atoms with van der Waals surface area (Å²) in [5.41, 5.74) is 1.58. The maximum absolute atomic E-state index is 13.1. The van der Waals surface area contributed by atoms with Crippen LogP contribution in [0.1, 0.15) is 57.9 Å². The number of nitrogens with zero attached hydrogens (tertiary/aromatic N) is 1. The van der Waals surface area contributed by atoms with Crippen molar-refractivity contribution in [2.75, 3.05) is 6.67 Å². The number of carbonyl (C=O) groups is 3. The van der Waals surface area contributed by atoms with Crippen LogP contribution in [0.5, 0.6) is 0 Å². The molecule has 3 amide bonds. The minimum Gasteiger partial charge on any atom is -0.338 e. The molecule has 0 aromatic heterocycles. The number of unbranched alkanes of at least 4 members (excludes halogenated alkanes) is 2. The molecule has 0 saturated carbocycles. The van der Waals surface area contributed by atoms with Crippen LogP contribution >= 0.6 is 15.9 Å². The molecule has 0 aliphatic heterocycles. The van der Waals surface area contributed by atoms with Gasteiger partial charge in [0.1, 0.15) is 6.61 Å². The predicted molar refractivity (Wildman–Crippen MR) is 132 cm³/mol. The van der Waals surface area contributed by atoms with Crippen molar-refractivity contribution in [1.82, 2.24) is 15.7 Å². The molecule has 2 atom stereocenters. The summed E-state index contributed by atoms with van der Waals surface area (Å²) < 4.78 is 0.947. The Kier molecular flexibility index (Phi) is 11.9. The lowest BCUT2D eigenvalue weighted by Crippen LogP contribution is -2.48. The molecule has 2 unspecified atom stereocenters. The highest BCUT2D eigenvalue weighted by molar-refractivity contribution is 9.11. The molecule has 33 heavy (non-hydrogen) atoms. The van der Waals surface area contributed by atoms with Gasteiger partial charge in [0, 0.05) is 12.0 Å². The highest BCUT2D eigenvalue weighted by atomic mass is 79.9. The number of rotatable bonds is 15. The molecule has 180 valence electrons. The highest BCUT2D eigenvalue weighted by Crippen LogP contribution is 2.24. The molecular formula is C25H34BrN3O4. The van der Waals surface area contributed by atoms with Gasteiger partial charge < -0.3 is 10.6 Å². The molecule has 1 aliphatic rings. The summed E-state index contributed by atoms with van der Waals surface area (Å²) in [4.78, 5) is 43.0. The molecule has 1 aromatic rings. The summed E-state index contributed by atoms with van der Waals surface area (Å²) in [7, 11) is 0. The van der Waals surface area contributed by atoms with E-state index in [1.54, 1.807) is 6.08 Å². The third-order valence-corrected chi connectivity index (χ3v) is 6.16. The van der Waals surface area contributed by atoms with Crippen LogP contribution < -0.4 is 10.6 Å². The number of nitrogens with one attached hydrogen (secondary N) is 2. The summed E-state index contributed by atoms with van der Waals surface area (Å²) in [5.74, 6) is -0.856. The normalized spacial score (nSPS) is 14.6. The van der Waals surface area contributed by atoms with Crippen LogP contribution in [0.3, 0.4) is 0 Å². The van der Waals surface area contributed by atoms with E-state index in [-0.39, 0.29) is 25.1 Å². The summed E-state index contributed by atoms with van der Waals surface area (Å²) in [5, 5.41) is 6.83. The third kappa shape index (κ3) is 8.78. The Morgan fingerprint density at radius 3 is 2.52 bits per heavy atom. The van der Waals surface area contributed by atoms with Crippen molar-refractivity contribution in [2.45, 2.75) is 65.0 Å². The second-order valence-corrected chi connectivity index (χ2v) is 9.03. The van der Waals surface area contributed by atoms with Crippen molar-refractivity contribution in [2.24, 2.45) is 5.92 Å². The number of amides is 3. The summed E-state index contributed by atoms with van der Waals surface area (Å²) in [6, 6.07) is 9.18. The van der Waals surface area contributed by atoms with Gasteiger partial charge in [0.25, 0.3) is 0 Å². The van der Waals surface area contributed by atoms with E-state index >= 15 is 0 Å². The summed E-state index contributed by atoms with van der Waals surface area (Å²) in [6.45, 7) is 4.31. The minimum atomic E-state index is -0.444. The van der Waals surface area contributed by atoms with Gasteiger partial charge in [-0.2, -0.15) is 0 Å². The van der Waals surface area contributed by atoms with Crippen molar-refractivity contribution < 1.29 is 19.2 Å². The Morgan fingerprint density at radius 1 is 1.15 bits per heavy atom. The van der Waals surface area contributed by atoms with Crippen LogP contribution in [0.4, 0.5) is 0 Å². The van der Waals surface area contributed by atoms with E-state index in [9.17, 15) is 14.4 Å². The maximum atomic E-state index is 13.1. The lowest BCUT2D eigenvalue weighted by atomic mass is 9.90.